The Hall–Kier alpha value is -0.703. The Labute approximate surface area is 92.5 Å². The van der Waals surface area contributed by atoms with E-state index in [1.54, 1.807) is 0 Å². The summed E-state index contributed by atoms with van der Waals surface area (Å²) in [7, 11) is 0. The fourth-order valence-corrected chi connectivity index (χ4v) is 1.23. The summed E-state index contributed by atoms with van der Waals surface area (Å²) in [5.41, 5.74) is 4.58. The standard InChI is InChI=1S/C12H14.Li.H/c1-9(2)11-7-5-6-8-12(11)10(3)4;;/h5-8H,1,3H2,2,4H3;;. The summed E-state index contributed by atoms with van der Waals surface area (Å²) in [5, 5.41) is 0. The zero-order chi connectivity index (χ0) is 9.14. The Morgan fingerprint density at radius 2 is 1.23 bits per heavy atom. The van der Waals surface area contributed by atoms with Crippen molar-refractivity contribution in [3.63, 3.8) is 0 Å². The molecule has 0 unspecified atom stereocenters. The maximum atomic E-state index is 3.93. The van der Waals surface area contributed by atoms with Gasteiger partial charge in [-0.2, -0.15) is 0 Å². The first-order valence-corrected chi connectivity index (χ1v) is 4.03. The molecule has 1 heteroatoms. The molecule has 1 aromatic rings. The van der Waals surface area contributed by atoms with Crippen LogP contribution in [0.1, 0.15) is 25.0 Å². The van der Waals surface area contributed by atoms with Gasteiger partial charge in [0, 0.05) is 0 Å². The minimum absolute atomic E-state index is 0. The molecule has 0 bridgehead atoms. The molecule has 0 aliphatic heterocycles. The number of allylic oxidation sites excluding steroid dienone is 2. The van der Waals surface area contributed by atoms with Crippen molar-refractivity contribution in [3.05, 3.63) is 48.6 Å². The molecular formula is C12H15Li. The first-order valence-electron chi connectivity index (χ1n) is 4.03. The van der Waals surface area contributed by atoms with Crippen LogP contribution in [0.2, 0.25) is 0 Å². The molecule has 64 valence electrons. The van der Waals surface area contributed by atoms with E-state index in [9.17, 15) is 0 Å². The monoisotopic (exact) mass is 166 g/mol. The summed E-state index contributed by atoms with van der Waals surface area (Å²) in [6.45, 7) is 11.9. The summed E-state index contributed by atoms with van der Waals surface area (Å²) >= 11 is 0. The third-order valence-corrected chi connectivity index (χ3v) is 1.85. The van der Waals surface area contributed by atoms with E-state index in [4.69, 9.17) is 0 Å². The van der Waals surface area contributed by atoms with Crippen LogP contribution in [0.15, 0.2) is 37.4 Å². The molecule has 0 nitrogen and oxygen atoms in total. The van der Waals surface area contributed by atoms with Crippen LogP contribution in [0.25, 0.3) is 11.1 Å². The van der Waals surface area contributed by atoms with Crippen molar-refractivity contribution in [2.45, 2.75) is 13.8 Å². The van der Waals surface area contributed by atoms with Gasteiger partial charge in [-0.25, -0.2) is 0 Å². The van der Waals surface area contributed by atoms with Gasteiger partial charge in [0.1, 0.15) is 0 Å². The van der Waals surface area contributed by atoms with Crippen molar-refractivity contribution < 1.29 is 0 Å². The van der Waals surface area contributed by atoms with E-state index in [-0.39, 0.29) is 18.9 Å². The quantitative estimate of drug-likeness (QED) is 0.592. The third-order valence-electron chi connectivity index (χ3n) is 1.85. The second-order valence-corrected chi connectivity index (χ2v) is 3.11. The number of hydrogen-bond acceptors (Lipinski definition) is 0. The van der Waals surface area contributed by atoms with E-state index < -0.39 is 0 Å². The average molecular weight is 166 g/mol. The Morgan fingerprint density at radius 1 is 0.923 bits per heavy atom. The van der Waals surface area contributed by atoms with Gasteiger partial charge in [-0.05, 0) is 25.0 Å². The molecule has 0 radical (unpaired) electrons. The molecule has 1 aromatic carbocycles. The fourth-order valence-electron chi connectivity index (χ4n) is 1.23. The van der Waals surface area contributed by atoms with E-state index in [2.05, 4.69) is 25.3 Å². The second-order valence-electron chi connectivity index (χ2n) is 3.11. The van der Waals surface area contributed by atoms with E-state index in [1.165, 1.54) is 11.1 Å². The van der Waals surface area contributed by atoms with Gasteiger partial charge < -0.3 is 0 Å². The van der Waals surface area contributed by atoms with Gasteiger partial charge in [-0.1, -0.05) is 48.6 Å². The zero-order valence-corrected chi connectivity index (χ0v) is 7.72. The minimum atomic E-state index is 0. The predicted molar refractivity (Wildman–Crippen MR) is 63.0 cm³/mol. The van der Waals surface area contributed by atoms with E-state index >= 15 is 0 Å². The van der Waals surface area contributed by atoms with Crippen molar-refractivity contribution in [2.75, 3.05) is 0 Å². The van der Waals surface area contributed by atoms with Gasteiger partial charge in [0.25, 0.3) is 0 Å². The molecule has 0 atom stereocenters. The summed E-state index contributed by atoms with van der Waals surface area (Å²) in [5.74, 6) is 0. The summed E-state index contributed by atoms with van der Waals surface area (Å²) in [4.78, 5) is 0. The molecule has 0 saturated heterocycles. The van der Waals surface area contributed by atoms with Gasteiger partial charge in [0.05, 0.1) is 0 Å². The van der Waals surface area contributed by atoms with Crippen LogP contribution in [0.5, 0.6) is 0 Å². The van der Waals surface area contributed by atoms with Gasteiger partial charge in [-0.15, -0.1) is 0 Å². The SMILES string of the molecule is C=C(C)c1ccccc1C(=C)C.[LiH]. The van der Waals surface area contributed by atoms with Gasteiger partial charge in [-0.3, -0.25) is 0 Å². The van der Waals surface area contributed by atoms with Crippen LogP contribution in [-0.2, 0) is 0 Å². The Kier molecular flexibility index (Phi) is 4.84. The van der Waals surface area contributed by atoms with Gasteiger partial charge in [0.15, 0.2) is 0 Å². The summed E-state index contributed by atoms with van der Waals surface area (Å²) < 4.78 is 0. The van der Waals surface area contributed by atoms with E-state index in [1.807, 2.05) is 26.0 Å². The third kappa shape index (κ3) is 2.92. The number of benzene rings is 1. The molecule has 0 spiro atoms. The van der Waals surface area contributed by atoms with Crippen LogP contribution >= 0.6 is 0 Å². The molecule has 13 heavy (non-hydrogen) atoms. The van der Waals surface area contributed by atoms with Crippen molar-refractivity contribution >= 4 is 30.0 Å². The molecular weight excluding hydrogens is 151 g/mol. The fraction of sp³-hybridized carbons (Fsp3) is 0.167. The maximum absolute atomic E-state index is 3.93. The van der Waals surface area contributed by atoms with Crippen LogP contribution in [-0.4, -0.2) is 18.9 Å². The molecule has 0 amide bonds. The van der Waals surface area contributed by atoms with Crippen LogP contribution < -0.4 is 0 Å². The Morgan fingerprint density at radius 3 is 1.46 bits per heavy atom. The zero-order valence-electron chi connectivity index (χ0n) is 7.72. The van der Waals surface area contributed by atoms with Gasteiger partial charge in [0.2, 0.25) is 0 Å². The molecule has 0 fully saturated rings. The Balaban J connectivity index is 0.00000144. The first-order chi connectivity index (χ1) is 5.63. The molecule has 0 heterocycles. The normalized spacial score (nSPS) is 8.77. The topological polar surface area (TPSA) is 0 Å². The van der Waals surface area contributed by atoms with E-state index in [0.29, 0.717) is 0 Å². The van der Waals surface area contributed by atoms with Gasteiger partial charge >= 0.3 is 18.9 Å². The van der Waals surface area contributed by atoms with Crippen LogP contribution in [0.3, 0.4) is 0 Å². The first kappa shape index (κ1) is 12.3. The molecule has 0 saturated carbocycles. The van der Waals surface area contributed by atoms with Crippen LogP contribution in [0.4, 0.5) is 0 Å². The van der Waals surface area contributed by atoms with Crippen molar-refractivity contribution in [1.29, 1.82) is 0 Å². The van der Waals surface area contributed by atoms with Crippen molar-refractivity contribution in [2.24, 2.45) is 0 Å². The average Bonchev–Trinajstić information content (AvgIpc) is 2.04. The predicted octanol–water partition coefficient (Wildman–Crippen LogP) is 3.10. The molecule has 0 aliphatic carbocycles. The van der Waals surface area contributed by atoms with E-state index in [0.717, 1.165) is 11.1 Å². The number of rotatable bonds is 2. The summed E-state index contributed by atoms with van der Waals surface area (Å²) in [6.07, 6.45) is 0. The van der Waals surface area contributed by atoms with Crippen LogP contribution in [0, 0.1) is 0 Å². The molecule has 0 aromatic heterocycles. The molecule has 0 N–H and O–H groups in total. The number of hydrogen-bond donors (Lipinski definition) is 0. The summed E-state index contributed by atoms with van der Waals surface area (Å²) in [6, 6.07) is 8.20. The van der Waals surface area contributed by atoms with Crippen molar-refractivity contribution in [3.8, 4) is 0 Å². The Bertz CT molecular complexity index is 291. The molecule has 1 rings (SSSR count). The second kappa shape index (κ2) is 5.12. The van der Waals surface area contributed by atoms with Crippen molar-refractivity contribution in [1.82, 2.24) is 0 Å². The molecule has 0 aliphatic rings.